The topological polar surface area (TPSA) is 70.9 Å². The van der Waals surface area contributed by atoms with E-state index in [4.69, 9.17) is 4.42 Å². The Morgan fingerprint density at radius 2 is 1.95 bits per heavy atom. The number of carbonyl (C=O) groups excluding carboxylic acids is 1. The van der Waals surface area contributed by atoms with E-state index in [9.17, 15) is 4.79 Å². The minimum Gasteiger partial charge on any atom is -0.463 e. The molecule has 0 radical (unpaired) electrons. The molecule has 0 saturated carbocycles. The number of nitrogens with one attached hydrogen (secondary N) is 2. The molecule has 2 aromatic heterocycles. The number of aromatic amines is 1. The number of fused-ring (bicyclic) bond motifs is 2. The van der Waals surface area contributed by atoms with Crippen molar-refractivity contribution < 1.29 is 9.21 Å². The van der Waals surface area contributed by atoms with Crippen LogP contribution in [0.4, 0.5) is 0 Å². The third kappa shape index (κ3) is 2.13. The van der Waals surface area contributed by atoms with Crippen molar-refractivity contribution in [3.63, 3.8) is 0 Å². The van der Waals surface area contributed by atoms with Crippen LogP contribution in [-0.4, -0.2) is 15.9 Å². The number of nitrogens with zero attached hydrogens (tertiary/aromatic N) is 1. The number of carbonyl (C=O) groups is 1. The van der Waals surface area contributed by atoms with E-state index < -0.39 is 0 Å². The van der Waals surface area contributed by atoms with Gasteiger partial charge in [-0.2, -0.15) is 0 Å². The fraction of sp³-hybridized carbons (Fsp3) is 0.0588. The van der Waals surface area contributed by atoms with E-state index in [2.05, 4.69) is 15.3 Å². The first-order valence-electron chi connectivity index (χ1n) is 6.99. The molecule has 0 unspecified atom stereocenters. The molecule has 4 rings (SSSR count). The number of aromatic nitrogens is 2. The minimum absolute atomic E-state index is 0.176. The molecule has 0 saturated heterocycles. The summed E-state index contributed by atoms with van der Waals surface area (Å²) in [6, 6.07) is 15.2. The van der Waals surface area contributed by atoms with Crippen molar-refractivity contribution in [2.75, 3.05) is 0 Å². The highest BCUT2D eigenvalue weighted by atomic mass is 16.3. The van der Waals surface area contributed by atoms with Crippen molar-refractivity contribution in [1.29, 1.82) is 0 Å². The van der Waals surface area contributed by atoms with E-state index in [1.165, 1.54) is 6.26 Å². The molecule has 5 nitrogen and oxygen atoms in total. The Balaban J connectivity index is 1.54. The Labute approximate surface area is 126 Å². The lowest BCUT2D eigenvalue weighted by molar-refractivity contribution is 0.0951. The Bertz CT molecular complexity index is 935. The standard InChI is InChI=1S/C17H13N3O2/c21-17(12-10-22-15-8-4-1-5-11(12)15)18-9-16-19-13-6-2-3-7-14(13)20-16/h1-8,10H,9H2,(H,18,21)(H,19,20). The molecule has 0 spiro atoms. The van der Waals surface area contributed by atoms with Crippen LogP contribution >= 0.6 is 0 Å². The summed E-state index contributed by atoms with van der Waals surface area (Å²) in [4.78, 5) is 19.9. The van der Waals surface area contributed by atoms with E-state index in [1.807, 2.05) is 48.5 Å². The van der Waals surface area contributed by atoms with Crippen LogP contribution < -0.4 is 5.32 Å². The van der Waals surface area contributed by atoms with Crippen LogP contribution in [-0.2, 0) is 6.54 Å². The van der Waals surface area contributed by atoms with Crippen LogP contribution in [0, 0.1) is 0 Å². The van der Waals surface area contributed by atoms with E-state index >= 15 is 0 Å². The van der Waals surface area contributed by atoms with Crippen molar-refractivity contribution in [2.24, 2.45) is 0 Å². The van der Waals surface area contributed by atoms with Gasteiger partial charge < -0.3 is 14.7 Å². The molecule has 0 atom stereocenters. The lowest BCUT2D eigenvalue weighted by Gasteiger charge is -2.01. The maximum atomic E-state index is 12.3. The number of hydrogen-bond donors (Lipinski definition) is 2. The van der Waals surface area contributed by atoms with E-state index in [0.717, 1.165) is 22.2 Å². The molecule has 2 heterocycles. The summed E-state index contributed by atoms with van der Waals surface area (Å²) in [7, 11) is 0. The van der Waals surface area contributed by atoms with Crippen molar-refractivity contribution in [3.8, 4) is 0 Å². The highest BCUT2D eigenvalue weighted by molar-refractivity contribution is 6.05. The van der Waals surface area contributed by atoms with Crippen LogP contribution in [0.1, 0.15) is 16.2 Å². The number of rotatable bonds is 3. The summed E-state index contributed by atoms with van der Waals surface area (Å²) in [5, 5.41) is 3.67. The molecule has 108 valence electrons. The largest absolute Gasteiger partial charge is 0.463 e. The molecule has 1 amide bonds. The number of amides is 1. The van der Waals surface area contributed by atoms with Crippen LogP contribution in [0.2, 0.25) is 0 Å². The average Bonchev–Trinajstić information content (AvgIpc) is 3.16. The molecule has 4 aromatic rings. The zero-order valence-electron chi connectivity index (χ0n) is 11.7. The fourth-order valence-corrected chi connectivity index (χ4v) is 2.50. The normalized spacial score (nSPS) is 11.1. The van der Waals surface area contributed by atoms with Crippen molar-refractivity contribution >= 4 is 27.9 Å². The lowest BCUT2D eigenvalue weighted by atomic mass is 10.1. The average molecular weight is 291 g/mol. The van der Waals surface area contributed by atoms with Gasteiger partial charge in [0.05, 0.1) is 23.1 Å². The summed E-state index contributed by atoms with van der Waals surface area (Å²) in [5.41, 5.74) is 3.09. The third-order valence-electron chi connectivity index (χ3n) is 3.58. The molecular formula is C17H13N3O2. The first-order valence-corrected chi connectivity index (χ1v) is 6.99. The zero-order valence-corrected chi connectivity index (χ0v) is 11.7. The van der Waals surface area contributed by atoms with E-state index in [1.54, 1.807) is 0 Å². The van der Waals surface area contributed by atoms with E-state index in [0.29, 0.717) is 17.7 Å². The second-order valence-corrected chi connectivity index (χ2v) is 5.03. The number of benzene rings is 2. The second-order valence-electron chi connectivity index (χ2n) is 5.03. The van der Waals surface area contributed by atoms with E-state index in [-0.39, 0.29) is 5.91 Å². The van der Waals surface area contributed by atoms with Gasteiger partial charge >= 0.3 is 0 Å². The summed E-state index contributed by atoms with van der Waals surface area (Å²) in [6.45, 7) is 0.340. The molecule has 2 N–H and O–H groups in total. The van der Waals surface area contributed by atoms with Gasteiger partial charge in [0.2, 0.25) is 0 Å². The van der Waals surface area contributed by atoms with Crippen molar-refractivity contribution in [3.05, 3.63) is 66.2 Å². The van der Waals surface area contributed by atoms with Crippen LogP contribution in [0.25, 0.3) is 22.0 Å². The molecule has 22 heavy (non-hydrogen) atoms. The Hall–Kier alpha value is -3.08. The Kier molecular flexibility index (Phi) is 2.89. The number of furan rings is 1. The lowest BCUT2D eigenvalue weighted by Crippen LogP contribution is -2.23. The van der Waals surface area contributed by atoms with Crippen LogP contribution in [0.15, 0.2) is 59.2 Å². The smallest absolute Gasteiger partial charge is 0.255 e. The van der Waals surface area contributed by atoms with Gasteiger partial charge in [-0.3, -0.25) is 4.79 Å². The minimum atomic E-state index is -0.176. The quantitative estimate of drug-likeness (QED) is 0.608. The maximum Gasteiger partial charge on any atom is 0.255 e. The number of imidazole rings is 1. The van der Waals surface area contributed by atoms with Gasteiger partial charge in [0.1, 0.15) is 17.7 Å². The molecular weight excluding hydrogens is 278 g/mol. The summed E-state index contributed by atoms with van der Waals surface area (Å²) in [5.74, 6) is 0.549. The van der Waals surface area contributed by atoms with Gasteiger partial charge in [0.25, 0.3) is 5.91 Å². The summed E-state index contributed by atoms with van der Waals surface area (Å²) in [6.07, 6.45) is 1.48. The van der Waals surface area contributed by atoms with Gasteiger partial charge in [-0.05, 0) is 18.2 Å². The fourth-order valence-electron chi connectivity index (χ4n) is 2.50. The maximum absolute atomic E-state index is 12.3. The molecule has 2 aromatic carbocycles. The number of H-pyrrole nitrogens is 1. The van der Waals surface area contributed by atoms with Gasteiger partial charge in [-0.15, -0.1) is 0 Å². The van der Waals surface area contributed by atoms with Gasteiger partial charge in [0, 0.05) is 5.39 Å². The van der Waals surface area contributed by atoms with Crippen LogP contribution in [0.3, 0.4) is 0 Å². The van der Waals surface area contributed by atoms with Gasteiger partial charge in [-0.1, -0.05) is 30.3 Å². The molecule has 5 heteroatoms. The van der Waals surface area contributed by atoms with Crippen LogP contribution in [0.5, 0.6) is 0 Å². The third-order valence-corrected chi connectivity index (χ3v) is 3.58. The summed E-state index contributed by atoms with van der Waals surface area (Å²) >= 11 is 0. The predicted octanol–water partition coefficient (Wildman–Crippen LogP) is 3.24. The second kappa shape index (κ2) is 5.04. The molecule has 0 aliphatic carbocycles. The van der Waals surface area contributed by atoms with Gasteiger partial charge in [0.15, 0.2) is 0 Å². The molecule has 0 bridgehead atoms. The monoisotopic (exact) mass is 291 g/mol. The molecule has 0 fully saturated rings. The van der Waals surface area contributed by atoms with Crippen molar-refractivity contribution in [2.45, 2.75) is 6.54 Å². The highest BCUT2D eigenvalue weighted by Crippen LogP contribution is 2.20. The SMILES string of the molecule is O=C(NCc1nc2ccccc2[nH]1)c1coc2ccccc12. The zero-order chi connectivity index (χ0) is 14.9. The van der Waals surface area contributed by atoms with Gasteiger partial charge in [-0.25, -0.2) is 4.98 Å². The first-order chi connectivity index (χ1) is 10.8. The predicted molar refractivity (Wildman–Crippen MR) is 83.5 cm³/mol. The number of hydrogen-bond acceptors (Lipinski definition) is 3. The summed E-state index contributed by atoms with van der Waals surface area (Å²) < 4.78 is 5.39. The Morgan fingerprint density at radius 1 is 1.14 bits per heavy atom. The molecule has 0 aliphatic heterocycles. The van der Waals surface area contributed by atoms with Crippen molar-refractivity contribution in [1.82, 2.24) is 15.3 Å². The first kappa shape index (κ1) is 12.6. The highest BCUT2D eigenvalue weighted by Gasteiger charge is 2.13. The number of para-hydroxylation sites is 3. The molecule has 0 aliphatic rings. The Morgan fingerprint density at radius 3 is 2.86 bits per heavy atom.